The van der Waals surface area contributed by atoms with Crippen LogP contribution in [0, 0.1) is 0 Å². The lowest BCUT2D eigenvalue weighted by Gasteiger charge is -1.93. The van der Waals surface area contributed by atoms with Gasteiger partial charge in [0.1, 0.15) is 0 Å². The molecule has 0 aromatic heterocycles. The third-order valence-electron chi connectivity index (χ3n) is 0.695. The largest absolute Gasteiger partial charge is 0.286 e. The van der Waals surface area contributed by atoms with Gasteiger partial charge < -0.3 is 0 Å². The second kappa shape index (κ2) is 6.83. The number of hydrogen-bond donors (Lipinski definition) is 2. The molecule has 0 radical (unpaired) electrons. The molecule has 54 valence electrons. The van der Waals surface area contributed by atoms with E-state index in [-0.39, 0.29) is 5.12 Å². The first kappa shape index (κ1) is 9.72. The molecule has 0 heterocycles. The van der Waals surface area contributed by atoms with Crippen molar-refractivity contribution in [3.05, 3.63) is 0 Å². The fraction of sp³-hybridized carbons (Fsp3) is 0.800. The highest BCUT2D eigenvalue weighted by Gasteiger charge is 1.96. The van der Waals surface area contributed by atoms with Gasteiger partial charge in [-0.3, -0.25) is 4.79 Å². The number of thioether (sulfide) groups is 1. The quantitative estimate of drug-likeness (QED) is 0.506. The topological polar surface area (TPSA) is 17.1 Å². The molecule has 0 aromatic carbocycles. The van der Waals surface area contributed by atoms with E-state index in [0.29, 0.717) is 5.75 Å². The first-order chi connectivity index (χ1) is 4.31. The van der Waals surface area contributed by atoms with E-state index in [1.165, 1.54) is 11.8 Å². The van der Waals surface area contributed by atoms with Crippen LogP contribution in [0.2, 0.25) is 0 Å². The molecule has 9 heavy (non-hydrogen) atoms. The number of carbonyl (C=O) groups excluding carboxylic acids is 1. The van der Waals surface area contributed by atoms with Gasteiger partial charge in [0.15, 0.2) is 5.12 Å². The van der Waals surface area contributed by atoms with Crippen LogP contribution in [0.25, 0.3) is 0 Å². The Kier molecular flexibility index (Phi) is 7.38. The van der Waals surface area contributed by atoms with Gasteiger partial charge >= 0.3 is 0 Å². The first-order valence-electron chi connectivity index (χ1n) is 2.68. The van der Waals surface area contributed by atoms with Crippen molar-refractivity contribution in [2.45, 2.75) is 6.42 Å². The van der Waals surface area contributed by atoms with Gasteiger partial charge in [-0.1, -0.05) is 11.8 Å². The van der Waals surface area contributed by atoms with E-state index in [1.54, 1.807) is 0 Å². The SMILES string of the molecule is O=C(CS)SCCCS. The van der Waals surface area contributed by atoms with Crippen molar-refractivity contribution in [1.82, 2.24) is 0 Å². The Morgan fingerprint density at radius 2 is 2.11 bits per heavy atom. The van der Waals surface area contributed by atoms with Crippen LogP contribution < -0.4 is 0 Å². The maximum Gasteiger partial charge on any atom is 0.198 e. The molecule has 0 aliphatic carbocycles. The molecule has 0 fully saturated rings. The van der Waals surface area contributed by atoms with E-state index in [9.17, 15) is 4.79 Å². The van der Waals surface area contributed by atoms with Crippen molar-refractivity contribution < 1.29 is 4.79 Å². The average molecular weight is 182 g/mol. The molecule has 4 heteroatoms. The van der Waals surface area contributed by atoms with Gasteiger partial charge in [0.2, 0.25) is 0 Å². The van der Waals surface area contributed by atoms with E-state index in [1.807, 2.05) is 0 Å². The van der Waals surface area contributed by atoms with Crippen molar-refractivity contribution in [3.8, 4) is 0 Å². The van der Waals surface area contributed by atoms with Gasteiger partial charge in [-0.2, -0.15) is 25.3 Å². The minimum absolute atomic E-state index is 0.153. The Morgan fingerprint density at radius 1 is 1.44 bits per heavy atom. The molecule has 0 unspecified atom stereocenters. The summed E-state index contributed by atoms with van der Waals surface area (Å²) in [4.78, 5) is 10.5. The summed E-state index contributed by atoms with van der Waals surface area (Å²) in [7, 11) is 0. The number of carbonyl (C=O) groups is 1. The molecule has 1 nitrogen and oxygen atoms in total. The zero-order valence-corrected chi connectivity index (χ0v) is 7.64. The third-order valence-corrected chi connectivity index (χ3v) is 2.47. The van der Waals surface area contributed by atoms with Gasteiger partial charge in [0.05, 0.1) is 5.75 Å². The summed E-state index contributed by atoms with van der Waals surface area (Å²) in [6.07, 6.45) is 0.993. The lowest BCUT2D eigenvalue weighted by Crippen LogP contribution is -1.94. The summed E-state index contributed by atoms with van der Waals surface area (Å²) in [6, 6.07) is 0. The highest BCUT2D eigenvalue weighted by atomic mass is 32.2. The van der Waals surface area contributed by atoms with Gasteiger partial charge in [-0.15, -0.1) is 0 Å². The Hall–Kier alpha value is 0.720. The smallest absolute Gasteiger partial charge is 0.198 e. The van der Waals surface area contributed by atoms with E-state index in [0.717, 1.165) is 17.9 Å². The number of hydrogen-bond acceptors (Lipinski definition) is 4. The normalized spacial score (nSPS) is 9.56. The summed E-state index contributed by atoms with van der Waals surface area (Å²) in [5.74, 6) is 2.08. The third kappa shape index (κ3) is 6.61. The molecule has 0 saturated carbocycles. The molecule has 0 atom stereocenters. The van der Waals surface area contributed by atoms with Crippen LogP contribution in [-0.2, 0) is 4.79 Å². The second-order valence-electron chi connectivity index (χ2n) is 1.46. The van der Waals surface area contributed by atoms with Crippen LogP contribution in [0.3, 0.4) is 0 Å². The molecule has 0 aromatic rings. The van der Waals surface area contributed by atoms with Gasteiger partial charge in [-0.05, 0) is 12.2 Å². The molecule has 0 N–H and O–H groups in total. The van der Waals surface area contributed by atoms with Crippen LogP contribution in [0.5, 0.6) is 0 Å². The summed E-state index contributed by atoms with van der Waals surface area (Å²) in [6.45, 7) is 0. The molecule has 0 rings (SSSR count). The zero-order valence-electron chi connectivity index (χ0n) is 5.04. The first-order valence-corrected chi connectivity index (χ1v) is 4.93. The van der Waals surface area contributed by atoms with Gasteiger partial charge in [-0.25, -0.2) is 0 Å². The van der Waals surface area contributed by atoms with E-state index >= 15 is 0 Å². The summed E-state index contributed by atoms with van der Waals surface area (Å²) in [5.41, 5.74) is 0. The maximum absolute atomic E-state index is 10.5. The van der Waals surface area contributed by atoms with E-state index < -0.39 is 0 Å². The molecule has 0 bridgehead atoms. The second-order valence-corrected chi connectivity index (χ2v) is 3.37. The number of thiol groups is 2. The van der Waals surface area contributed by atoms with Crippen LogP contribution in [0.4, 0.5) is 0 Å². The fourth-order valence-corrected chi connectivity index (χ4v) is 1.55. The van der Waals surface area contributed by atoms with E-state index in [2.05, 4.69) is 25.3 Å². The Bertz CT molecular complexity index is 84.3. The molecule has 0 aliphatic heterocycles. The predicted octanol–water partition coefficient (Wildman–Crippen LogP) is 1.50. The summed E-state index contributed by atoms with van der Waals surface area (Å²) < 4.78 is 0. The maximum atomic E-state index is 10.5. The number of rotatable bonds is 4. The van der Waals surface area contributed by atoms with Crippen molar-refractivity contribution in [2.75, 3.05) is 17.3 Å². The van der Waals surface area contributed by atoms with Crippen molar-refractivity contribution >= 4 is 42.1 Å². The van der Waals surface area contributed by atoms with Crippen molar-refractivity contribution in [1.29, 1.82) is 0 Å². The summed E-state index contributed by atoms with van der Waals surface area (Å²) in [5, 5.41) is 0.153. The van der Waals surface area contributed by atoms with Crippen molar-refractivity contribution in [3.63, 3.8) is 0 Å². The molecule has 0 spiro atoms. The molecule has 0 amide bonds. The minimum Gasteiger partial charge on any atom is -0.286 e. The predicted molar refractivity (Wildman–Crippen MR) is 49.8 cm³/mol. The van der Waals surface area contributed by atoms with Crippen LogP contribution >= 0.6 is 37.0 Å². The van der Waals surface area contributed by atoms with Crippen LogP contribution in [-0.4, -0.2) is 22.4 Å². The minimum atomic E-state index is 0.153. The molecule has 0 saturated heterocycles. The highest BCUT2D eigenvalue weighted by Crippen LogP contribution is 2.04. The van der Waals surface area contributed by atoms with Crippen LogP contribution in [0.1, 0.15) is 6.42 Å². The van der Waals surface area contributed by atoms with Gasteiger partial charge in [0.25, 0.3) is 0 Å². The van der Waals surface area contributed by atoms with Crippen molar-refractivity contribution in [2.24, 2.45) is 0 Å². The Labute approximate surface area is 70.8 Å². The average Bonchev–Trinajstić information content (AvgIpc) is 1.89. The van der Waals surface area contributed by atoms with Gasteiger partial charge in [0, 0.05) is 5.75 Å². The van der Waals surface area contributed by atoms with Crippen LogP contribution in [0.15, 0.2) is 0 Å². The zero-order chi connectivity index (χ0) is 7.11. The Morgan fingerprint density at radius 3 is 2.56 bits per heavy atom. The van der Waals surface area contributed by atoms with E-state index in [4.69, 9.17) is 0 Å². The monoisotopic (exact) mass is 182 g/mol. The standard InChI is InChI=1S/C5H10OS3/c6-5(4-8)9-3-1-2-7/h7-8H,1-4H2. The lowest BCUT2D eigenvalue weighted by molar-refractivity contribution is -0.108. The lowest BCUT2D eigenvalue weighted by atomic mass is 10.6. The Balaban J connectivity index is 2.97. The summed E-state index contributed by atoms with van der Waals surface area (Å²) >= 11 is 9.17. The molecular weight excluding hydrogens is 172 g/mol. The molecule has 0 aliphatic rings. The molecular formula is C5H10OS3. The highest BCUT2D eigenvalue weighted by molar-refractivity contribution is 8.14. The fourth-order valence-electron chi connectivity index (χ4n) is 0.296.